The molecule has 0 aliphatic carbocycles. The van der Waals surface area contributed by atoms with E-state index in [0.29, 0.717) is 11.4 Å². The summed E-state index contributed by atoms with van der Waals surface area (Å²) in [4.78, 5) is 16.5. The van der Waals surface area contributed by atoms with Crippen molar-refractivity contribution in [1.29, 1.82) is 0 Å². The highest BCUT2D eigenvalue weighted by molar-refractivity contribution is 5.81. The van der Waals surface area contributed by atoms with Crippen molar-refractivity contribution >= 4 is 11.6 Å². The number of likely N-dealkylation sites (N-methyl/N-ethyl adjacent to an activating group) is 1. The molecule has 2 N–H and O–H groups in total. The van der Waals surface area contributed by atoms with Crippen LogP contribution >= 0.6 is 0 Å². The molecule has 1 amide bonds. The highest BCUT2D eigenvalue weighted by atomic mass is 16.5. The van der Waals surface area contributed by atoms with E-state index in [1.54, 1.807) is 31.2 Å². The molecule has 1 saturated heterocycles. The molecule has 0 spiro atoms. The van der Waals surface area contributed by atoms with Crippen LogP contribution in [0.1, 0.15) is 13.8 Å². The number of piperazine rings is 1. The first-order valence-corrected chi connectivity index (χ1v) is 7.13. The number of hydrogen-bond acceptors (Lipinski definition) is 4. The van der Waals surface area contributed by atoms with Crippen molar-refractivity contribution in [1.82, 2.24) is 9.80 Å². The molecule has 1 aromatic carbocycles. The lowest BCUT2D eigenvalue weighted by molar-refractivity contribution is -0.139. The maximum Gasteiger partial charge on any atom is 0.263 e. The van der Waals surface area contributed by atoms with Crippen LogP contribution in [-0.4, -0.2) is 54.5 Å². The van der Waals surface area contributed by atoms with E-state index < -0.39 is 6.10 Å². The zero-order valence-electron chi connectivity index (χ0n) is 12.2. The molecule has 0 bridgehead atoms. The maximum absolute atomic E-state index is 12.3. The molecule has 110 valence electrons. The van der Waals surface area contributed by atoms with Gasteiger partial charge in [0, 0.05) is 31.9 Å². The molecule has 1 aromatic rings. The highest BCUT2D eigenvalue weighted by Crippen LogP contribution is 2.16. The van der Waals surface area contributed by atoms with E-state index in [1.165, 1.54) is 0 Å². The molecular weight excluding hydrogens is 254 g/mol. The Balaban J connectivity index is 1.87. The van der Waals surface area contributed by atoms with E-state index in [1.807, 2.05) is 4.90 Å². The first kappa shape index (κ1) is 14.7. The number of nitrogens with two attached hydrogens (primary N) is 1. The minimum Gasteiger partial charge on any atom is -0.481 e. The molecule has 1 aliphatic rings. The van der Waals surface area contributed by atoms with Gasteiger partial charge in [-0.3, -0.25) is 4.79 Å². The second-order valence-corrected chi connectivity index (χ2v) is 5.09. The summed E-state index contributed by atoms with van der Waals surface area (Å²) in [6.45, 7) is 8.42. The quantitative estimate of drug-likeness (QED) is 0.840. The van der Waals surface area contributed by atoms with Crippen molar-refractivity contribution in [2.24, 2.45) is 0 Å². The minimum atomic E-state index is -0.466. The Morgan fingerprint density at radius 2 is 1.85 bits per heavy atom. The Hall–Kier alpha value is -1.75. The lowest BCUT2D eigenvalue weighted by Gasteiger charge is -2.35. The predicted octanol–water partition coefficient (Wildman–Crippen LogP) is 1.20. The summed E-state index contributed by atoms with van der Waals surface area (Å²) >= 11 is 0. The first-order valence-electron chi connectivity index (χ1n) is 7.13. The average Bonchev–Trinajstić information content (AvgIpc) is 2.49. The van der Waals surface area contributed by atoms with Crippen molar-refractivity contribution in [3.05, 3.63) is 24.3 Å². The zero-order chi connectivity index (χ0) is 14.5. The normalized spacial score (nSPS) is 17.8. The number of carbonyl (C=O) groups is 1. The van der Waals surface area contributed by atoms with Gasteiger partial charge in [-0.15, -0.1) is 0 Å². The molecule has 1 atom stereocenters. The van der Waals surface area contributed by atoms with Crippen LogP contribution in [0.5, 0.6) is 5.75 Å². The Labute approximate surface area is 120 Å². The smallest absolute Gasteiger partial charge is 0.263 e. The molecule has 0 saturated carbocycles. The first-order chi connectivity index (χ1) is 9.60. The summed E-state index contributed by atoms with van der Waals surface area (Å²) in [5, 5.41) is 0. The summed E-state index contributed by atoms with van der Waals surface area (Å²) in [5.74, 6) is 0.727. The van der Waals surface area contributed by atoms with E-state index >= 15 is 0 Å². The minimum absolute atomic E-state index is 0.0533. The molecule has 1 unspecified atom stereocenters. The molecular formula is C15H23N3O2. The van der Waals surface area contributed by atoms with Crippen molar-refractivity contribution < 1.29 is 9.53 Å². The van der Waals surface area contributed by atoms with Crippen LogP contribution in [0.4, 0.5) is 5.69 Å². The molecule has 1 heterocycles. The number of nitrogen functional groups attached to an aromatic ring is 1. The summed E-state index contributed by atoms with van der Waals surface area (Å²) in [5.41, 5.74) is 6.31. The standard InChI is InChI=1S/C15H23N3O2/c1-3-17-8-10-18(11-9-17)15(19)12(2)20-14-6-4-13(16)5-7-14/h4-7,12H,3,8-11,16H2,1-2H3. The van der Waals surface area contributed by atoms with Gasteiger partial charge in [0.15, 0.2) is 6.10 Å². The van der Waals surface area contributed by atoms with E-state index in [-0.39, 0.29) is 5.91 Å². The van der Waals surface area contributed by atoms with Gasteiger partial charge < -0.3 is 20.3 Å². The second kappa shape index (κ2) is 6.61. The van der Waals surface area contributed by atoms with E-state index in [2.05, 4.69) is 11.8 Å². The summed E-state index contributed by atoms with van der Waals surface area (Å²) < 4.78 is 5.68. The monoisotopic (exact) mass is 277 g/mol. The fourth-order valence-electron chi connectivity index (χ4n) is 2.34. The summed E-state index contributed by atoms with van der Waals surface area (Å²) in [6, 6.07) is 7.11. The number of ether oxygens (including phenoxy) is 1. The van der Waals surface area contributed by atoms with Crippen LogP contribution in [0.15, 0.2) is 24.3 Å². The summed E-state index contributed by atoms with van der Waals surface area (Å²) in [7, 11) is 0. The van der Waals surface area contributed by atoms with Crippen LogP contribution < -0.4 is 10.5 Å². The maximum atomic E-state index is 12.3. The van der Waals surface area contributed by atoms with Gasteiger partial charge in [-0.1, -0.05) is 6.92 Å². The Kier molecular flexibility index (Phi) is 4.84. The van der Waals surface area contributed by atoms with E-state index in [0.717, 1.165) is 32.7 Å². The summed E-state index contributed by atoms with van der Waals surface area (Å²) in [6.07, 6.45) is -0.466. The van der Waals surface area contributed by atoms with Crippen LogP contribution in [0.2, 0.25) is 0 Å². The van der Waals surface area contributed by atoms with Crippen molar-refractivity contribution in [3.63, 3.8) is 0 Å². The van der Waals surface area contributed by atoms with Gasteiger partial charge in [-0.2, -0.15) is 0 Å². The van der Waals surface area contributed by atoms with E-state index in [9.17, 15) is 4.79 Å². The molecule has 0 radical (unpaired) electrons. The molecule has 20 heavy (non-hydrogen) atoms. The van der Waals surface area contributed by atoms with Crippen LogP contribution in [0.3, 0.4) is 0 Å². The van der Waals surface area contributed by atoms with Gasteiger partial charge in [0.1, 0.15) is 5.75 Å². The number of nitrogens with zero attached hydrogens (tertiary/aromatic N) is 2. The largest absolute Gasteiger partial charge is 0.481 e. The molecule has 1 fully saturated rings. The third-order valence-electron chi connectivity index (χ3n) is 3.67. The second-order valence-electron chi connectivity index (χ2n) is 5.09. The molecule has 1 aliphatic heterocycles. The number of benzene rings is 1. The zero-order valence-corrected chi connectivity index (χ0v) is 12.2. The Morgan fingerprint density at radius 1 is 1.25 bits per heavy atom. The van der Waals surface area contributed by atoms with E-state index in [4.69, 9.17) is 10.5 Å². The van der Waals surface area contributed by atoms with Crippen LogP contribution in [0.25, 0.3) is 0 Å². The third kappa shape index (κ3) is 3.63. The topological polar surface area (TPSA) is 58.8 Å². The highest BCUT2D eigenvalue weighted by Gasteiger charge is 2.25. The predicted molar refractivity (Wildman–Crippen MR) is 79.6 cm³/mol. The van der Waals surface area contributed by atoms with Crippen LogP contribution in [-0.2, 0) is 4.79 Å². The molecule has 0 aromatic heterocycles. The van der Waals surface area contributed by atoms with Gasteiger partial charge in [0.05, 0.1) is 0 Å². The number of anilines is 1. The molecule has 2 rings (SSSR count). The number of amides is 1. The fourth-order valence-corrected chi connectivity index (χ4v) is 2.34. The lowest BCUT2D eigenvalue weighted by atomic mass is 10.2. The molecule has 5 heteroatoms. The van der Waals surface area contributed by atoms with Crippen LogP contribution in [0, 0.1) is 0 Å². The third-order valence-corrected chi connectivity index (χ3v) is 3.67. The lowest BCUT2D eigenvalue weighted by Crippen LogP contribution is -2.51. The Bertz CT molecular complexity index is 439. The van der Waals surface area contributed by atoms with Crippen molar-refractivity contribution in [3.8, 4) is 5.75 Å². The van der Waals surface area contributed by atoms with Gasteiger partial charge >= 0.3 is 0 Å². The van der Waals surface area contributed by atoms with Gasteiger partial charge in [0.2, 0.25) is 0 Å². The fraction of sp³-hybridized carbons (Fsp3) is 0.533. The van der Waals surface area contributed by atoms with Gasteiger partial charge in [-0.05, 0) is 37.7 Å². The number of rotatable bonds is 4. The number of carbonyl (C=O) groups excluding carboxylic acids is 1. The van der Waals surface area contributed by atoms with Crippen molar-refractivity contribution in [2.75, 3.05) is 38.5 Å². The van der Waals surface area contributed by atoms with Gasteiger partial charge in [-0.25, -0.2) is 0 Å². The number of hydrogen-bond donors (Lipinski definition) is 1. The average molecular weight is 277 g/mol. The SMILES string of the molecule is CCN1CCN(C(=O)C(C)Oc2ccc(N)cc2)CC1. The molecule has 5 nitrogen and oxygen atoms in total. The Morgan fingerprint density at radius 3 is 2.40 bits per heavy atom. The van der Waals surface area contributed by atoms with Gasteiger partial charge in [0.25, 0.3) is 5.91 Å². The van der Waals surface area contributed by atoms with Crippen molar-refractivity contribution in [2.45, 2.75) is 20.0 Å².